The van der Waals surface area contributed by atoms with E-state index >= 15 is 0 Å². The van der Waals surface area contributed by atoms with Crippen LogP contribution >= 0.6 is 11.8 Å². The van der Waals surface area contributed by atoms with Gasteiger partial charge in [0.05, 0.1) is 17.1 Å². The van der Waals surface area contributed by atoms with Crippen molar-refractivity contribution in [2.45, 2.75) is 16.7 Å². The smallest absolute Gasteiger partial charge is 0.256 e. The zero-order valence-corrected chi connectivity index (χ0v) is 51.8. The highest BCUT2D eigenvalue weighted by Crippen LogP contribution is 2.53. The summed E-state index contributed by atoms with van der Waals surface area (Å²) in [7, 11) is 0. The highest BCUT2D eigenvalue weighted by molar-refractivity contribution is 8.00. The van der Waals surface area contributed by atoms with Crippen molar-refractivity contribution in [2.75, 3.05) is 19.6 Å². The molecule has 0 radical (unpaired) electrons. The van der Waals surface area contributed by atoms with Crippen LogP contribution in [0.5, 0.6) is 11.5 Å². The predicted octanol–water partition coefficient (Wildman–Crippen LogP) is 19.1. The number of aryl methyl sites for hydroxylation is 1. The van der Waals surface area contributed by atoms with Crippen LogP contribution < -0.4 is 57.1 Å². The number of anilines is 12. The molecule has 8 heteroatoms. The van der Waals surface area contributed by atoms with E-state index < -0.39 is 0 Å². The fraction of sp³-hybridized carbons (Fsp3) is 0.0118. The van der Waals surface area contributed by atoms with Gasteiger partial charge in [-0.15, -0.1) is 0 Å². The molecule has 0 saturated heterocycles. The Bertz CT molecular complexity index is 5160. The van der Waals surface area contributed by atoms with Gasteiger partial charge in [-0.3, -0.25) is 0 Å². The number of para-hydroxylation sites is 7. The molecule has 0 saturated carbocycles. The van der Waals surface area contributed by atoms with E-state index in [1.54, 1.807) is 0 Å². The number of fused-ring (bicyclic) bond motifs is 8. The van der Waals surface area contributed by atoms with Gasteiger partial charge < -0.3 is 24.3 Å². The van der Waals surface area contributed by atoms with Gasteiger partial charge in [0.1, 0.15) is 11.5 Å². The number of benzene rings is 14. The Morgan fingerprint density at radius 2 is 0.839 bits per heavy atom. The summed E-state index contributed by atoms with van der Waals surface area (Å²) in [6.07, 6.45) is 0. The van der Waals surface area contributed by atoms with Crippen LogP contribution in [0.4, 0.5) is 68.2 Å². The van der Waals surface area contributed by atoms with E-state index in [9.17, 15) is 0 Å². The van der Waals surface area contributed by atoms with Gasteiger partial charge in [0.2, 0.25) is 6.71 Å². The molecule has 0 bridgehead atoms. The van der Waals surface area contributed by atoms with E-state index in [0.29, 0.717) is 0 Å². The van der Waals surface area contributed by atoms with E-state index in [1.165, 1.54) is 48.6 Å². The topological polar surface area (TPSA) is 22.2 Å². The van der Waals surface area contributed by atoms with Gasteiger partial charge in [-0.25, -0.2) is 0 Å². The minimum Gasteiger partial charge on any atom is -0.458 e. The average Bonchev–Trinajstić information content (AvgIpc) is 0.697. The number of nitrogens with zero attached hydrogens (tertiary/aromatic N) is 4. The normalized spacial score (nSPS) is 12.7. The van der Waals surface area contributed by atoms with Crippen LogP contribution in [0.15, 0.2) is 343 Å². The zero-order chi connectivity index (χ0) is 61.5. The molecular weight excluding hydrogens is 1150 g/mol. The van der Waals surface area contributed by atoms with E-state index in [-0.39, 0.29) is 13.4 Å². The van der Waals surface area contributed by atoms with Gasteiger partial charge >= 0.3 is 0 Å². The van der Waals surface area contributed by atoms with Crippen molar-refractivity contribution in [3.05, 3.63) is 339 Å². The van der Waals surface area contributed by atoms with Gasteiger partial charge in [0.15, 0.2) is 0 Å². The first-order valence-corrected chi connectivity index (χ1v) is 32.8. The molecular formula is C85H58B2N4OS. The van der Waals surface area contributed by atoms with Crippen molar-refractivity contribution in [3.63, 3.8) is 0 Å². The van der Waals surface area contributed by atoms with Gasteiger partial charge in [-0.1, -0.05) is 254 Å². The monoisotopic (exact) mass is 1200 g/mol. The van der Waals surface area contributed by atoms with Crippen molar-refractivity contribution >= 4 is 126 Å². The summed E-state index contributed by atoms with van der Waals surface area (Å²) in [4.78, 5) is 12.4. The molecule has 0 atom stereocenters. The molecule has 0 aliphatic carbocycles. The lowest BCUT2D eigenvalue weighted by molar-refractivity contribution is 0.487. The number of rotatable bonds is 11. The first-order valence-electron chi connectivity index (χ1n) is 32.0. The molecule has 4 aliphatic heterocycles. The molecule has 93 heavy (non-hydrogen) atoms. The van der Waals surface area contributed by atoms with E-state index in [0.717, 1.165) is 113 Å². The third kappa shape index (κ3) is 9.11. The lowest BCUT2D eigenvalue weighted by Gasteiger charge is -2.44. The van der Waals surface area contributed by atoms with Gasteiger partial charge in [-0.05, 0) is 153 Å². The lowest BCUT2D eigenvalue weighted by atomic mass is 9.31. The first-order chi connectivity index (χ1) is 46.1. The molecule has 18 rings (SSSR count). The van der Waals surface area contributed by atoms with E-state index in [1.807, 2.05) is 11.8 Å². The molecule has 0 aromatic heterocycles. The summed E-state index contributed by atoms with van der Waals surface area (Å²) >= 11 is 1.90. The van der Waals surface area contributed by atoms with Crippen LogP contribution in [0, 0.1) is 6.92 Å². The fourth-order valence-electron chi connectivity index (χ4n) is 15.0. The molecule has 14 aromatic rings. The Hall–Kier alpha value is -11.4. The molecule has 0 amide bonds. The van der Waals surface area contributed by atoms with Crippen molar-refractivity contribution in [3.8, 4) is 44.9 Å². The number of hydrogen-bond acceptors (Lipinski definition) is 6. The second kappa shape index (κ2) is 22.5. The highest BCUT2D eigenvalue weighted by atomic mass is 32.2. The largest absolute Gasteiger partial charge is 0.458 e. The molecule has 14 aromatic carbocycles. The third-order valence-corrected chi connectivity index (χ3v) is 20.1. The maximum atomic E-state index is 7.48. The van der Waals surface area contributed by atoms with Gasteiger partial charge in [-0.2, -0.15) is 0 Å². The maximum Gasteiger partial charge on any atom is 0.256 e. The van der Waals surface area contributed by atoms with Crippen molar-refractivity contribution in [2.24, 2.45) is 0 Å². The van der Waals surface area contributed by atoms with Gasteiger partial charge in [0.25, 0.3) is 6.71 Å². The van der Waals surface area contributed by atoms with E-state index in [4.69, 9.17) is 4.74 Å². The summed E-state index contributed by atoms with van der Waals surface area (Å²) in [5.41, 5.74) is 28.6. The summed E-state index contributed by atoms with van der Waals surface area (Å²) < 4.78 is 7.48. The fourth-order valence-corrected chi connectivity index (χ4v) is 16.2. The predicted molar refractivity (Wildman–Crippen MR) is 393 cm³/mol. The van der Waals surface area contributed by atoms with Crippen LogP contribution in [0.1, 0.15) is 5.56 Å². The highest BCUT2D eigenvalue weighted by Gasteiger charge is 2.47. The second-order valence-electron chi connectivity index (χ2n) is 24.4. The van der Waals surface area contributed by atoms with Crippen LogP contribution in [-0.2, 0) is 0 Å². The Morgan fingerprint density at radius 1 is 0.312 bits per heavy atom. The number of hydrogen-bond donors (Lipinski definition) is 0. The van der Waals surface area contributed by atoms with Crippen LogP contribution in [0.3, 0.4) is 0 Å². The van der Waals surface area contributed by atoms with Crippen LogP contribution in [-0.4, -0.2) is 13.4 Å². The van der Waals surface area contributed by atoms with Crippen LogP contribution in [0.25, 0.3) is 33.4 Å². The molecule has 0 spiro atoms. The van der Waals surface area contributed by atoms with Crippen molar-refractivity contribution < 1.29 is 4.74 Å². The zero-order valence-electron chi connectivity index (χ0n) is 51.0. The Kier molecular flexibility index (Phi) is 13.2. The molecule has 0 N–H and O–H groups in total. The summed E-state index contributed by atoms with van der Waals surface area (Å²) in [5, 5.41) is 0. The molecule has 4 heterocycles. The van der Waals surface area contributed by atoms with Gasteiger partial charge in [0, 0.05) is 78.2 Å². The maximum absolute atomic E-state index is 7.48. The van der Waals surface area contributed by atoms with Crippen molar-refractivity contribution in [1.82, 2.24) is 0 Å². The number of ether oxygens (including phenoxy) is 1. The second-order valence-corrected chi connectivity index (χ2v) is 25.4. The minimum atomic E-state index is -0.192. The molecule has 436 valence electrons. The minimum absolute atomic E-state index is 0.0969. The Labute approximate surface area is 547 Å². The average molecular weight is 1210 g/mol. The molecule has 0 unspecified atom stereocenters. The Morgan fingerprint density at radius 3 is 1.54 bits per heavy atom. The molecule has 4 aliphatic rings. The quantitative estimate of drug-likeness (QED) is 0.120. The summed E-state index contributed by atoms with van der Waals surface area (Å²) in [6.45, 7) is 1.99. The standard InChI is InChI=1S/C85H58B2N4OS/c1-57-27-26-41-69(61-32-12-4-13-33-61)85(57)91-76-56-81-73(86-70-42-21-24-45-75(70)90(64-38-18-7-19-39-64)78-52-67(54-82(93-81)84(78)86)88(62-34-14-5-15-35-62)63-36-16-6-17-37-63)55-72(76)87-71-43-22-25-46-79(71)92-80-53-66(51-77(91)83(80)87)89(65-49-47-59(48-50-65)58-28-8-2-9-29-58)74-44-23-20-40-68(74)60-30-10-3-11-31-60/h2-56H,1H3. The van der Waals surface area contributed by atoms with Crippen LogP contribution in [0.2, 0.25) is 0 Å². The first kappa shape index (κ1) is 54.5. The SMILES string of the molecule is Cc1cccc(-c2ccccc2)c1N1c2cc3c(cc2B2c4ccccc4Oc4cc(N(c5ccc(-c6ccccc6)cc5)c5ccccc5-c5ccccc5)cc1c42)B1c2ccccc2N(c2ccccc2)c2cc(N(c4ccccc4)c4ccccc4)cc(c21)S3. The summed E-state index contributed by atoms with van der Waals surface area (Å²) in [6, 6.07) is 122. The third-order valence-electron chi connectivity index (χ3n) is 19.0. The molecule has 0 fully saturated rings. The molecule has 5 nitrogen and oxygen atoms in total. The van der Waals surface area contributed by atoms with E-state index in [2.05, 4.69) is 360 Å². The Balaban J connectivity index is 0.914. The lowest BCUT2D eigenvalue weighted by Crippen LogP contribution is -2.63. The van der Waals surface area contributed by atoms with Crippen molar-refractivity contribution in [1.29, 1.82) is 0 Å². The summed E-state index contributed by atoms with van der Waals surface area (Å²) in [5.74, 6) is 1.69.